The van der Waals surface area contributed by atoms with Gasteiger partial charge in [-0.3, -0.25) is 4.98 Å². The fourth-order valence-electron chi connectivity index (χ4n) is 1.67. The van der Waals surface area contributed by atoms with Gasteiger partial charge in [-0.1, -0.05) is 12.1 Å². The molecule has 0 amide bonds. The lowest BCUT2D eigenvalue weighted by Gasteiger charge is -2.14. The molecule has 4 heteroatoms. The van der Waals surface area contributed by atoms with Gasteiger partial charge in [-0.25, -0.2) is 4.39 Å². The minimum atomic E-state index is -0.238. The summed E-state index contributed by atoms with van der Waals surface area (Å²) in [6.45, 7) is 2.79. The zero-order valence-corrected chi connectivity index (χ0v) is 11.6. The van der Waals surface area contributed by atoms with E-state index >= 15 is 0 Å². The Morgan fingerprint density at radius 3 is 2.89 bits per heavy atom. The van der Waals surface area contributed by atoms with Crippen LogP contribution in [0.1, 0.15) is 24.1 Å². The fraction of sp³-hybridized carbons (Fsp3) is 0.214. The lowest BCUT2D eigenvalue weighted by atomic mass is 10.1. The van der Waals surface area contributed by atoms with Gasteiger partial charge in [0.1, 0.15) is 5.82 Å². The topological polar surface area (TPSA) is 24.9 Å². The summed E-state index contributed by atoms with van der Waals surface area (Å²) in [7, 11) is 0. The highest BCUT2D eigenvalue weighted by Crippen LogP contribution is 2.21. The Morgan fingerprint density at radius 1 is 1.39 bits per heavy atom. The van der Waals surface area contributed by atoms with Gasteiger partial charge in [0.15, 0.2) is 0 Å². The van der Waals surface area contributed by atoms with Crippen molar-refractivity contribution in [3.63, 3.8) is 0 Å². The molecule has 0 bridgehead atoms. The molecule has 0 aliphatic carbocycles. The largest absolute Gasteiger partial charge is 0.306 e. The summed E-state index contributed by atoms with van der Waals surface area (Å²) in [6, 6.07) is 9.16. The molecule has 0 radical (unpaired) electrons. The second-order valence-electron chi connectivity index (χ2n) is 4.14. The van der Waals surface area contributed by atoms with E-state index in [0.717, 1.165) is 17.7 Å². The van der Waals surface area contributed by atoms with E-state index in [9.17, 15) is 4.39 Å². The number of hydrogen-bond acceptors (Lipinski definition) is 2. The van der Waals surface area contributed by atoms with Crippen molar-refractivity contribution < 1.29 is 4.39 Å². The highest BCUT2D eigenvalue weighted by atomic mass is 79.9. The Balaban J connectivity index is 1.99. The maximum atomic E-state index is 13.1. The lowest BCUT2D eigenvalue weighted by molar-refractivity contribution is 0.569. The Morgan fingerprint density at radius 2 is 2.22 bits per heavy atom. The van der Waals surface area contributed by atoms with Crippen LogP contribution in [0.25, 0.3) is 0 Å². The number of aromatic nitrogens is 1. The Kier molecular flexibility index (Phi) is 4.44. The number of nitrogens with one attached hydrogen (secondary N) is 1. The maximum absolute atomic E-state index is 13.1. The van der Waals surface area contributed by atoms with Crippen LogP contribution in [-0.2, 0) is 6.54 Å². The molecule has 1 N–H and O–H groups in total. The van der Waals surface area contributed by atoms with Crippen LogP contribution in [0.4, 0.5) is 4.39 Å². The molecule has 1 aromatic heterocycles. The Labute approximate surface area is 114 Å². The fourth-order valence-corrected chi connectivity index (χ4v) is 2.07. The quantitative estimate of drug-likeness (QED) is 0.928. The van der Waals surface area contributed by atoms with Crippen LogP contribution in [0, 0.1) is 5.82 Å². The van der Waals surface area contributed by atoms with E-state index < -0.39 is 0 Å². The molecule has 0 aliphatic rings. The first kappa shape index (κ1) is 13.2. The third-order valence-electron chi connectivity index (χ3n) is 2.78. The molecule has 0 fully saturated rings. The first-order valence-corrected chi connectivity index (χ1v) is 6.53. The monoisotopic (exact) mass is 308 g/mol. The zero-order valence-electron chi connectivity index (χ0n) is 10.0. The molecule has 1 aromatic carbocycles. The Bertz CT molecular complexity index is 516. The smallest absolute Gasteiger partial charge is 0.137 e. The van der Waals surface area contributed by atoms with Crippen molar-refractivity contribution in [1.82, 2.24) is 10.3 Å². The van der Waals surface area contributed by atoms with Crippen molar-refractivity contribution in [3.05, 3.63) is 64.1 Å². The van der Waals surface area contributed by atoms with Gasteiger partial charge in [0.25, 0.3) is 0 Å². The number of nitrogens with zero attached hydrogens (tertiary/aromatic N) is 1. The molecule has 94 valence electrons. The molecule has 0 aliphatic heterocycles. The molecule has 2 nitrogen and oxygen atoms in total. The van der Waals surface area contributed by atoms with Gasteiger partial charge in [-0.2, -0.15) is 0 Å². The van der Waals surface area contributed by atoms with Crippen LogP contribution >= 0.6 is 15.9 Å². The summed E-state index contributed by atoms with van der Waals surface area (Å²) in [5, 5.41) is 3.38. The van der Waals surface area contributed by atoms with E-state index in [2.05, 4.69) is 33.2 Å². The molecule has 2 aromatic rings. The standard InChI is InChI=1S/C14H14BrFN2/c1-10(12-4-5-14(16)13(15)7-12)18-9-11-3-2-6-17-8-11/h2-8,10,18H,9H2,1H3. The second kappa shape index (κ2) is 6.07. The summed E-state index contributed by atoms with van der Waals surface area (Å²) >= 11 is 3.20. The SMILES string of the molecule is CC(NCc1cccnc1)c1ccc(F)c(Br)c1. The number of hydrogen-bond donors (Lipinski definition) is 1. The Hall–Kier alpha value is -1.26. The van der Waals surface area contributed by atoms with Gasteiger partial charge in [0.2, 0.25) is 0 Å². The van der Waals surface area contributed by atoms with Crippen LogP contribution in [0.2, 0.25) is 0 Å². The van der Waals surface area contributed by atoms with Crippen LogP contribution in [0.5, 0.6) is 0 Å². The minimum absolute atomic E-state index is 0.155. The van der Waals surface area contributed by atoms with Crippen molar-refractivity contribution >= 4 is 15.9 Å². The summed E-state index contributed by atoms with van der Waals surface area (Å²) in [5.41, 5.74) is 2.18. The number of halogens is 2. The normalized spacial score (nSPS) is 12.4. The number of benzene rings is 1. The number of rotatable bonds is 4. The summed E-state index contributed by atoms with van der Waals surface area (Å²) in [4.78, 5) is 4.06. The summed E-state index contributed by atoms with van der Waals surface area (Å²) in [5.74, 6) is -0.238. The molecule has 1 unspecified atom stereocenters. The van der Waals surface area contributed by atoms with Gasteiger partial charge in [-0.05, 0) is 52.2 Å². The predicted octanol–water partition coefficient (Wildman–Crippen LogP) is 3.83. The third-order valence-corrected chi connectivity index (χ3v) is 3.39. The van der Waals surface area contributed by atoms with E-state index in [1.807, 2.05) is 18.3 Å². The first-order chi connectivity index (χ1) is 8.66. The highest BCUT2D eigenvalue weighted by Gasteiger charge is 2.07. The van der Waals surface area contributed by atoms with Gasteiger partial charge in [0.05, 0.1) is 4.47 Å². The maximum Gasteiger partial charge on any atom is 0.137 e. The number of pyridine rings is 1. The van der Waals surface area contributed by atoms with Gasteiger partial charge in [0, 0.05) is 25.0 Å². The van der Waals surface area contributed by atoms with Gasteiger partial charge < -0.3 is 5.32 Å². The van der Waals surface area contributed by atoms with E-state index in [-0.39, 0.29) is 11.9 Å². The molecular weight excluding hydrogens is 295 g/mol. The average Bonchev–Trinajstić information content (AvgIpc) is 2.40. The van der Waals surface area contributed by atoms with Crippen molar-refractivity contribution in [2.24, 2.45) is 0 Å². The molecular formula is C14H14BrFN2. The van der Waals surface area contributed by atoms with E-state index in [0.29, 0.717) is 4.47 Å². The van der Waals surface area contributed by atoms with Crippen LogP contribution < -0.4 is 5.32 Å². The molecule has 2 rings (SSSR count). The molecule has 1 atom stereocenters. The second-order valence-corrected chi connectivity index (χ2v) is 4.99. The summed E-state index contributed by atoms with van der Waals surface area (Å²) < 4.78 is 13.6. The van der Waals surface area contributed by atoms with Crippen molar-refractivity contribution in [3.8, 4) is 0 Å². The van der Waals surface area contributed by atoms with E-state index in [1.54, 1.807) is 18.3 Å². The van der Waals surface area contributed by atoms with Crippen LogP contribution in [0.15, 0.2) is 47.2 Å². The van der Waals surface area contributed by atoms with Gasteiger partial charge >= 0.3 is 0 Å². The first-order valence-electron chi connectivity index (χ1n) is 5.74. The average molecular weight is 309 g/mol. The molecule has 1 heterocycles. The van der Waals surface area contributed by atoms with Crippen molar-refractivity contribution in [2.45, 2.75) is 19.5 Å². The molecule has 0 saturated carbocycles. The molecule has 18 heavy (non-hydrogen) atoms. The van der Waals surface area contributed by atoms with Crippen molar-refractivity contribution in [2.75, 3.05) is 0 Å². The van der Waals surface area contributed by atoms with Crippen LogP contribution in [-0.4, -0.2) is 4.98 Å². The lowest BCUT2D eigenvalue weighted by Crippen LogP contribution is -2.18. The highest BCUT2D eigenvalue weighted by molar-refractivity contribution is 9.10. The predicted molar refractivity (Wildman–Crippen MR) is 73.6 cm³/mol. The van der Waals surface area contributed by atoms with Crippen molar-refractivity contribution in [1.29, 1.82) is 0 Å². The molecule has 0 saturated heterocycles. The van der Waals surface area contributed by atoms with E-state index in [4.69, 9.17) is 0 Å². The van der Waals surface area contributed by atoms with Gasteiger partial charge in [-0.15, -0.1) is 0 Å². The molecule has 0 spiro atoms. The van der Waals surface area contributed by atoms with Crippen LogP contribution in [0.3, 0.4) is 0 Å². The minimum Gasteiger partial charge on any atom is -0.306 e. The third kappa shape index (κ3) is 3.37. The zero-order chi connectivity index (χ0) is 13.0. The summed E-state index contributed by atoms with van der Waals surface area (Å²) in [6.07, 6.45) is 3.59. The van der Waals surface area contributed by atoms with E-state index in [1.165, 1.54) is 6.07 Å².